The number of hydrogen-bond acceptors (Lipinski definition) is 6. The van der Waals surface area contributed by atoms with Crippen molar-refractivity contribution in [1.29, 1.82) is 0 Å². The fourth-order valence-corrected chi connectivity index (χ4v) is 2.29. The minimum Gasteiger partial charge on any atom is -0.394 e. The van der Waals surface area contributed by atoms with Gasteiger partial charge in [-0.2, -0.15) is 0 Å². The Bertz CT molecular complexity index is 214. The Morgan fingerprint density at radius 2 is 1.15 bits per heavy atom. The van der Waals surface area contributed by atoms with Crippen LogP contribution in [0.3, 0.4) is 0 Å². The van der Waals surface area contributed by atoms with E-state index in [-0.39, 0.29) is 25.4 Å². The second kappa shape index (κ2) is 12.5. The summed E-state index contributed by atoms with van der Waals surface area (Å²) in [5.74, 6) is 0. The van der Waals surface area contributed by atoms with Crippen molar-refractivity contribution in [2.75, 3.05) is 52.9 Å². The molecule has 0 spiro atoms. The molecule has 0 aliphatic heterocycles. The van der Waals surface area contributed by atoms with Gasteiger partial charge in [0.1, 0.15) is 0 Å². The molecule has 120 valence electrons. The van der Waals surface area contributed by atoms with Crippen LogP contribution in [0.2, 0.25) is 0 Å². The Morgan fingerprint density at radius 3 is 1.75 bits per heavy atom. The summed E-state index contributed by atoms with van der Waals surface area (Å²) in [6.07, 6.45) is 4.55. The van der Waals surface area contributed by atoms with Gasteiger partial charge in [0.2, 0.25) is 0 Å². The second-order valence-corrected chi connectivity index (χ2v) is 4.77. The number of hydrogen-bond donors (Lipinski definition) is 2. The normalized spacial score (nSPS) is 23.1. The summed E-state index contributed by atoms with van der Waals surface area (Å²) in [5, 5.41) is 17.3. The van der Waals surface area contributed by atoms with Crippen LogP contribution in [0.15, 0.2) is 0 Å². The van der Waals surface area contributed by atoms with Gasteiger partial charge in [0, 0.05) is 0 Å². The summed E-state index contributed by atoms with van der Waals surface area (Å²) in [4.78, 5) is 0. The average Bonchev–Trinajstić information content (AvgIpc) is 2.49. The maximum Gasteiger partial charge on any atom is 0.0837 e. The molecule has 1 fully saturated rings. The van der Waals surface area contributed by atoms with Crippen LogP contribution in [-0.4, -0.2) is 75.3 Å². The second-order valence-electron chi connectivity index (χ2n) is 4.77. The lowest BCUT2D eigenvalue weighted by molar-refractivity contribution is -0.107. The van der Waals surface area contributed by atoms with E-state index in [0.717, 1.165) is 19.3 Å². The Morgan fingerprint density at radius 1 is 0.650 bits per heavy atom. The van der Waals surface area contributed by atoms with Crippen molar-refractivity contribution in [3.63, 3.8) is 0 Å². The van der Waals surface area contributed by atoms with Crippen molar-refractivity contribution < 1.29 is 29.2 Å². The summed E-state index contributed by atoms with van der Waals surface area (Å²) in [7, 11) is 0. The van der Waals surface area contributed by atoms with Gasteiger partial charge in [-0.1, -0.05) is 12.8 Å². The van der Waals surface area contributed by atoms with Crippen molar-refractivity contribution in [3.05, 3.63) is 0 Å². The van der Waals surface area contributed by atoms with Crippen LogP contribution >= 0.6 is 0 Å². The van der Waals surface area contributed by atoms with Crippen LogP contribution in [0.25, 0.3) is 0 Å². The monoisotopic (exact) mass is 292 g/mol. The Hall–Kier alpha value is -0.240. The third kappa shape index (κ3) is 8.14. The Balaban J connectivity index is 2.00. The zero-order chi connectivity index (χ0) is 14.5. The van der Waals surface area contributed by atoms with E-state index in [1.807, 2.05) is 0 Å². The molecule has 0 aromatic heterocycles. The van der Waals surface area contributed by atoms with Gasteiger partial charge >= 0.3 is 0 Å². The molecule has 1 aliphatic rings. The summed E-state index contributed by atoms with van der Waals surface area (Å²) in [6, 6.07) is 0. The first-order valence-electron chi connectivity index (χ1n) is 7.49. The smallest absolute Gasteiger partial charge is 0.0837 e. The molecule has 2 N–H and O–H groups in total. The molecule has 0 saturated heterocycles. The van der Waals surface area contributed by atoms with Crippen molar-refractivity contribution >= 4 is 0 Å². The van der Waals surface area contributed by atoms with Crippen LogP contribution < -0.4 is 0 Å². The molecule has 0 aromatic rings. The van der Waals surface area contributed by atoms with Crippen molar-refractivity contribution in [1.82, 2.24) is 0 Å². The number of aliphatic hydroxyl groups is 2. The van der Waals surface area contributed by atoms with E-state index in [1.165, 1.54) is 6.42 Å². The largest absolute Gasteiger partial charge is 0.394 e. The Kier molecular flexibility index (Phi) is 11.1. The first-order chi connectivity index (χ1) is 9.88. The minimum absolute atomic E-state index is 0.0417. The zero-order valence-corrected chi connectivity index (χ0v) is 12.2. The molecule has 2 atom stereocenters. The lowest BCUT2D eigenvalue weighted by atomic mass is 9.94. The van der Waals surface area contributed by atoms with Gasteiger partial charge in [-0.3, -0.25) is 0 Å². The molecule has 0 bridgehead atoms. The molecule has 0 amide bonds. The first-order valence-corrected chi connectivity index (χ1v) is 7.49. The predicted molar refractivity (Wildman–Crippen MR) is 73.8 cm³/mol. The lowest BCUT2D eigenvalue weighted by Crippen LogP contribution is -2.36. The SMILES string of the molecule is OCCOCCOCCOC1CCCCC1OCCO. The highest BCUT2D eigenvalue weighted by atomic mass is 16.6. The fraction of sp³-hybridized carbons (Fsp3) is 1.00. The zero-order valence-electron chi connectivity index (χ0n) is 12.2. The summed E-state index contributed by atoms with van der Waals surface area (Å²) in [6.45, 7) is 2.91. The number of ether oxygens (including phenoxy) is 4. The van der Waals surface area contributed by atoms with Crippen molar-refractivity contribution in [2.24, 2.45) is 0 Å². The van der Waals surface area contributed by atoms with Gasteiger partial charge in [0.05, 0.1) is 65.1 Å². The molecule has 0 aromatic carbocycles. The molecule has 2 unspecified atom stereocenters. The topological polar surface area (TPSA) is 77.4 Å². The molecular formula is C14H28O6. The van der Waals surface area contributed by atoms with Crippen LogP contribution in [-0.2, 0) is 18.9 Å². The van der Waals surface area contributed by atoms with E-state index in [1.54, 1.807) is 0 Å². The molecule has 6 heteroatoms. The highest BCUT2D eigenvalue weighted by Gasteiger charge is 2.26. The summed E-state index contributed by atoms with van der Waals surface area (Å²) in [5.41, 5.74) is 0. The lowest BCUT2D eigenvalue weighted by Gasteiger charge is -2.31. The third-order valence-corrected chi connectivity index (χ3v) is 3.23. The van der Waals surface area contributed by atoms with Gasteiger partial charge in [0.15, 0.2) is 0 Å². The minimum atomic E-state index is 0.0417. The quantitative estimate of drug-likeness (QED) is 0.505. The average molecular weight is 292 g/mol. The molecule has 20 heavy (non-hydrogen) atoms. The van der Waals surface area contributed by atoms with Crippen molar-refractivity contribution in [2.45, 2.75) is 37.9 Å². The van der Waals surface area contributed by atoms with Crippen LogP contribution in [0.1, 0.15) is 25.7 Å². The van der Waals surface area contributed by atoms with Gasteiger partial charge in [-0.05, 0) is 12.8 Å². The first kappa shape index (κ1) is 17.8. The molecule has 0 heterocycles. The number of rotatable bonds is 12. The van der Waals surface area contributed by atoms with E-state index in [4.69, 9.17) is 29.2 Å². The van der Waals surface area contributed by atoms with E-state index in [9.17, 15) is 0 Å². The van der Waals surface area contributed by atoms with Gasteiger partial charge in [-0.15, -0.1) is 0 Å². The van der Waals surface area contributed by atoms with Crippen LogP contribution in [0.4, 0.5) is 0 Å². The van der Waals surface area contributed by atoms with E-state index in [0.29, 0.717) is 39.6 Å². The van der Waals surface area contributed by atoms with Crippen molar-refractivity contribution in [3.8, 4) is 0 Å². The Labute approximate surface area is 121 Å². The van der Waals surface area contributed by atoms with Crippen LogP contribution in [0.5, 0.6) is 0 Å². The van der Waals surface area contributed by atoms with Gasteiger partial charge in [-0.25, -0.2) is 0 Å². The maximum absolute atomic E-state index is 8.80. The maximum atomic E-state index is 8.80. The third-order valence-electron chi connectivity index (χ3n) is 3.23. The van der Waals surface area contributed by atoms with E-state index < -0.39 is 0 Å². The molecule has 1 aliphatic carbocycles. The fourth-order valence-electron chi connectivity index (χ4n) is 2.29. The summed E-state index contributed by atoms with van der Waals surface area (Å²) < 4.78 is 21.9. The standard InChI is InChI=1S/C14H28O6/c15-5-7-17-9-10-18-11-12-20-14-4-2-1-3-13(14)19-8-6-16/h13-16H,1-12H2. The van der Waals surface area contributed by atoms with Gasteiger partial charge in [0.25, 0.3) is 0 Å². The van der Waals surface area contributed by atoms with Gasteiger partial charge < -0.3 is 29.2 Å². The summed E-state index contributed by atoms with van der Waals surface area (Å²) >= 11 is 0. The number of aliphatic hydroxyl groups excluding tert-OH is 2. The molecular weight excluding hydrogens is 264 g/mol. The van der Waals surface area contributed by atoms with E-state index >= 15 is 0 Å². The molecule has 1 saturated carbocycles. The highest BCUT2D eigenvalue weighted by Crippen LogP contribution is 2.23. The predicted octanol–water partition coefficient (Wildman–Crippen LogP) is 0.349. The molecule has 6 nitrogen and oxygen atoms in total. The molecule has 0 radical (unpaired) electrons. The van der Waals surface area contributed by atoms with E-state index in [2.05, 4.69) is 0 Å². The molecule has 1 rings (SSSR count). The highest BCUT2D eigenvalue weighted by molar-refractivity contribution is 4.76. The van der Waals surface area contributed by atoms with Crippen LogP contribution in [0, 0.1) is 0 Å².